The number of halogens is 3. The highest BCUT2D eigenvalue weighted by Gasteiger charge is 2.35. The number of β-amino-alcohol motifs (C(OH)–C–C–N with tert-alkyl or cyclic N) is 1. The van der Waals surface area contributed by atoms with Gasteiger partial charge < -0.3 is 14.4 Å². The van der Waals surface area contributed by atoms with E-state index in [9.17, 15) is 18.7 Å². The topological polar surface area (TPSA) is 66.6 Å². The predicted octanol–water partition coefficient (Wildman–Crippen LogP) is 4.54. The molecular formula is C22H19ClF2N2O3. The van der Waals surface area contributed by atoms with Gasteiger partial charge in [-0.15, -0.1) is 0 Å². The van der Waals surface area contributed by atoms with Crippen molar-refractivity contribution in [3.05, 3.63) is 76.8 Å². The van der Waals surface area contributed by atoms with E-state index in [-0.39, 0.29) is 31.7 Å². The fourth-order valence-corrected chi connectivity index (χ4v) is 3.78. The first-order chi connectivity index (χ1) is 14.4. The Morgan fingerprint density at radius 1 is 1.20 bits per heavy atom. The fourth-order valence-electron chi connectivity index (χ4n) is 3.66. The summed E-state index contributed by atoms with van der Waals surface area (Å²) >= 11 is 5.89. The lowest BCUT2D eigenvalue weighted by molar-refractivity contribution is -0.132. The standard InChI is InChI=1S/C22H19ClF2N2O3/c23-15-4-1-13(2-5-15)20-11-26-21(30-20)7-8-22(29)27-12-16(28)10-19(27)14-3-6-17(24)18(25)9-14/h1-6,9,11,16,19,28H,7-8,10,12H2/t16-,19-/m1/s1. The van der Waals surface area contributed by atoms with Gasteiger partial charge in [-0.25, -0.2) is 13.8 Å². The molecule has 0 aliphatic carbocycles. The summed E-state index contributed by atoms with van der Waals surface area (Å²) in [6, 6.07) is 10.2. The van der Waals surface area contributed by atoms with Crippen LogP contribution in [-0.4, -0.2) is 33.5 Å². The number of aliphatic hydroxyl groups excluding tert-OH is 1. The molecule has 2 atom stereocenters. The molecule has 2 heterocycles. The first-order valence-electron chi connectivity index (χ1n) is 9.54. The second kappa shape index (κ2) is 8.53. The lowest BCUT2D eigenvalue weighted by atomic mass is 10.0. The SMILES string of the molecule is O=C(CCc1ncc(-c2ccc(Cl)cc2)o1)N1C[C@H](O)C[C@@H]1c1ccc(F)c(F)c1. The molecule has 1 N–H and O–H groups in total. The Morgan fingerprint density at radius 2 is 1.97 bits per heavy atom. The molecule has 1 fully saturated rings. The molecule has 0 radical (unpaired) electrons. The maximum Gasteiger partial charge on any atom is 0.223 e. The highest BCUT2D eigenvalue weighted by Crippen LogP contribution is 2.33. The van der Waals surface area contributed by atoms with Gasteiger partial charge in [0.15, 0.2) is 23.3 Å². The zero-order valence-electron chi connectivity index (χ0n) is 15.9. The molecule has 3 aromatic rings. The van der Waals surface area contributed by atoms with Gasteiger partial charge in [0.2, 0.25) is 5.91 Å². The molecule has 0 bridgehead atoms. The van der Waals surface area contributed by atoms with Gasteiger partial charge in [-0.05, 0) is 48.4 Å². The molecule has 2 aromatic carbocycles. The fraction of sp³-hybridized carbons (Fsp3) is 0.273. The minimum absolute atomic E-state index is 0.119. The van der Waals surface area contributed by atoms with Crippen LogP contribution in [0.3, 0.4) is 0 Å². The van der Waals surface area contributed by atoms with Gasteiger partial charge in [0, 0.05) is 30.0 Å². The highest BCUT2D eigenvalue weighted by atomic mass is 35.5. The van der Waals surface area contributed by atoms with Crippen LogP contribution >= 0.6 is 11.6 Å². The number of aromatic nitrogens is 1. The van der Waals surface area contributed by atoms with Gasteiger partial charge in [-0.3, -0.25) is 4.79 Å². The number of amides is 1. The predicted molar refractivity (Wildman–Crippen MR) is 107 cm³/mol. The van der Waals surface area contributed by atoms with Crippen molar-refractivity contribution < 1.29 is 23.1 Å². The third kappa shape index (κ3) is 4.37. The van der Waals surface area contributed by atoms with Gasteiger partial charge in [-0.1, -0.05) is 17.7 Å². The van der Waals surface area contributed by atoms with E-state index >= 15 is 0 Å². The van der Waals surface area contributed by atoms with Crippen LogP contribution in [0.5, 0.6) is 0 Å². The molecule has 8 heteroatoms. The number of hydrogen-bond acceptors (Lipinski definition) is 4. The second-order valence-corrected chi connectivity index (χ2v) is 7.69. The van der Waals surface area contributed by atoms with E-state index in [4.69, 9.17) is 16.0 Å². The van der Waals surface area contributed by atoms with Crippen molar-refractivity contribution in [1.82, 2.24) is 9.88 Å². The largest absolute Gasteiger partial charge is 0.441 e. The van der Waals surface area contributed by atoms with E-state index in [0.717, 1.165) is 17.7 Å². The van der Waals surface area contributed by atoms with E-state index < -0.39 is 23.8 Å². The van der Waals surface area contributed by atoms with Gasteiger partial charge in [0.1, 0.15) is 0 Å². The van der Waals surface area contributed by atoms with Crippen molar-refractivity contribution >= 4 is 17.5 Å². The Bertz CT molecular complexity index is 1050. The van der Waals surface area contributed by atoms with Crippen LogP contribution in [0, 0.1) is 11.6 Å². The molecule has 156 valence electrons. The van der Waals surface area contributed by atoms with Gasteiger partial charge in [-0.2, -0.15) is 0 Å². The third-order valence-electron chi connectivity index (χ3n) is 5.16. The molecule has 0 saturated carbocycles. The van der Waals surface area contributed by atoms with E-state index in [1.54, 1.807) is 18.3 Å². The zero-order chi connectivity index (χ0) is 21.3. The summed E-state index contributed by atoms with van der Waals surface area (Å²) in [6.45, 7) is 0.143. The van der Waals surface area contributed by atoms with Gasteiger partial charge in [0.05, 0.1) is 18.3 Å². The Labute approximate surface area is 176 Å². The number of nitrogens with zero attached hydrogens (tertiary/aromatic N) is 2. The Balaban J connectivity index is 1.42. The smallest absolute Gasteiger partial charge is 0.223 e. The van der Waals surface area contributed by atoms with Crippen LogP contribution in [0.4, 0.5) is 8.78 Å². The Morgan fingerprint density at radius 3 is 2.70 bits per heavy atom. The first-order valence-corrected chi connectivity index (χ1v) is 9.91. The Hall–Kier alpha value is -2.77. The van der Waals surface area contributed by atoms with Crippen LogP contribution in [0.1, 0.15) is 30.3 Å². The summed E-state index contributed by atoms with van der Waals surface area (Å²) in [5, 5.41) is 10.7. The molecule has 1 amide bonds. The summed E-state index contributed by atoms with van der Waals surface area (Å²) in [5.41, 5.74) is 1.28. The summed E-state index contributed by atoms with van der Waals surface area (Å²) < 4.78 is 32.6. The average Bonchev–Trinajstić information content (AvgIpc) is 3.36. The number of hydrogen-bond donors (Lipinski definition) is 1. The van der Waals surface area contributed by atoms with E-state index in [2.05, 4.69) is 4.98 Å². The van der Waals surface area contributed by atoms with Crippen LogP contribution < -0.4 is 0 Å². The van der Waals surface area contributed by atoms with Crippen molar-refractivity contribution in [3.8, 4) is 11.3 Å². The molecule has 5 nitrogen and oxygen atoms in total. The highest BCUT2D eigenvalue weighted by molar-refractivity contribution is 6.30. The number of rotatable bonds is 5. The summed E-state index contributed by atoms with van der Waals surface area (Å²) in [4.78, 5) is 18.5. The zero-order valence-corrected chi connectivity index (χ0v) is 16.6. The third-order valence-corrected chi connectivity index (χ3v) is 5.41. The van der Waals surface area contributed by atoms with Gasteiger partial charge >= 0.3 is 0 Å². The minimum Gasteiger partial charge on any atom is -0.441 e. The quantitative estimate of drug-likeness (QED) is 0.642. The normalized spacial score (nSPS) is 18.7. The second-order valence-electron chi connectivity index (χ2n) is 7.25. The molecule has 1 aromatic heterocycles. The van der Waals surface area contributed by atoms with Crippen molar-refractivity contribution in [2.45, 2.75) is 31.4 Å². The molecule has 1 aliphatic rings. The average molecular weight is 433 g/mol. The molecule has 0 spiro atoms. The molecule has 4 rings (SSSR count). The number of aryl methyl sites for hydroxylation is 1. The van der Waals surface area contributed by atoms with E-state index in [0.29, 0.717) is 22.2 Å². The number of likely N-dealkylation sites (tertiary alicyclic amines) is 1. The van der Waals surface area contributed by atoms with Crippen molar-refractivity contribution in [3.63, 3.8) is 0 Å². The Kier molecular flexibility index (Phi) is 5.83. The van der Waals surface area contributed by atoms with Crippen molar-refractivity contribution in [1.29, 1.82) is 0 Å². The molecular weight excluding hydrogens is 414 g/mol. The monoisotopic (exact) mass is 432 g/mol. The molecule has 30 heavy (non-hydrogen) atoms. The van der Waals surface area contributed by atoms with Crippen LogP contribution in [0.15, 0.2) is 53.1 Å². The minimum atomic E-state index is -0.976. The number of carbonyl (C=O) groups is 1. The van der Waals surface area contributed by atoms with E-state index in [1.807, 2.05) is 12.1 Å². The number of carbonyl (C=O) groups excluding carboxylic acids is 1. The van der Waals surface area contributed by atoms with Crippen molar-refractivity contribution in [2.75, 3.05) is 6.54 Å². The first kappa shape index (κ1) is 20.5. The number of benzene rings is 2. The van der Waals surface area contributed by atoms with Crippen LogP contribution in [0.25, 0.3) is 11.3 Å². The summed E-state index contributed by atoms with van der Waals surface area (Å²) in [7, 11) is 0. The number of oxazole rings is 1. The maximum absolute atomic E-state index is 13.6. The van der Waals surface area contributed by atoms with Gasteiger partial charge in [0.25, 0.3) is 0 Å². The summed E-state index contributed by atoms with van der Waals surface area (Å²) in [5.74, 6) is -1.15. The maximum atomic E-state index is 13.6. The van der Waals surface area contributed by atoms with Crippen molar-refractivity contribution in [2.24, 2.45) is 0 Å². The summed E-state index contributed by atoms with van der Waals surface area (Å²) in [6.07, 6.45) is 1.55. The number of aliphatic hydroxyl groups is 1. The van der Waals surface area contributed by atoms with Crippen LogP contribution in [0.2, 0.25) is 5.02 Å². The lowest BCUT2D eigenvalue weighted by Gasteiger charge is -2.24. The molecule has 0 unspecified atom stereocenters. The van der Waals surface area contributed by atoms with Crippen LogP contribution in [-0.2, 0) is 11.2 Å². The molecule has 1 saturated heterocycles. The lowest BCUT2D eigenvalue weighted by Crippen LogP contribution is -2.32. The van der Waals surface area contributed by atoms with E-state index in [1.165, 1.54) is 11.0 Å². The molecule has 1 aliphatic heterocycles.